The molecule has 0 saturated carbocycles. The summed E-state index contributed by atoms with van der Waals surface area (Å²) in [5.74, 6) is 3.85. The van der Waals surface area contributed by atoms with Gasteiger partial charge in [-0.05, 0) is 12.1 Å². The molecule has 0 N–H and O–H groups in total. The molecule has 1 fully saturated rings. The van der Waals surface area contributed by atoms with Crippen molar-refractivity contribution in [1.29, 1.82) is 0 Å². The van der Waals surface area contributed by atoms with Crippen molar-refractivity contribution < 1.29 is 0 Å². The SMILES string of the molecule is c1ccc(SCCN2CCSCC2)cc1. The molecule has 1 nitrogen and oxygen atoms in total. The van der Waals surface area contributed by atoms with E-state index in [1.165, 1.54) is 41.8 Å². The van der Waals surface area contributed by atoms with E-state index >= 15 is 0 Å². The monoisotopic (exact) mass is 239 g/mol. The number of nitrogens with zero attached hydrogens (tertiary/aromatic N) is 1. The third-order valence-electron chi connectivity index (χ3n) is 2.52. The van der Waals surface area contributed by atoms with Gasteiger partial charge in [0, 0.05) is 41.8 Å². The summed E-state index contributed by atoms with van der Waals surface area (Å²) in [7, 11) is 0. The van der Waals surface area contributed by atoms with E-state index in [-0.39, 0.29) is 0 Å². The lowest BCUT2D eigenvalue weighted by atomic mass is 10.4. The maximum atomic E-state index is 2.58. The van der Waals surface area contributed by atoms with E-state index in [0.29, 0.717) is 0 Å². The van der Waals surface area contributed by atoms with Gasteiger partial charge in [-0.2, -0.15) is 11.8 Å². The Hall–Kier alpha value is -0.120. The van der Waals surface area contributed by atoms with Crippen LogP contribution in [0, 0.1) is 0 Å². The first-order chi connectivity index (χ1) is 7.45. The van der Waals surface area contributed by atoms with Crippen molar-refractivity contribution in [3.63, 3.8) is 0 Å². The minimum absolute atomic E-state index is 1.22. The predicted molar refractivity (Wildman–Crippen MR) is 70.9 cm³/mol. The molecule has 0 aromatic heterocycles. The highest BCUT2D eigenvalue weighted by Crippen LogP contribution is 2.17. The van der Waals surface area contributed by atoms with E-state index in [0.717, 1.165) is 0 Å². The minimum atomic E-state index is 1.22. The maximum absolute atomic E-state index is 2.58. The van der Waals surface area contributed by atoms with Crippen LogP contribution in [0.4, 0.5) is 0 Å². The number of hydrogen-bond donors (Lipinski definition) is 0. The topological polar surface area (TPSA) is 3.24 Å². The van der Waals surface area contributed by atoms with Crippen molar-refractivity contribution in [2.45, 2.75) is 4.90 Å². The quantitative estimate of drug-likeness (QED) is 0.744. The van der Waals surface area contributed by atoms with Crippen molar-refractivity contribution in [1.82, 2.24) is 4.90 Å². The Morgan fingerprint density at radius 2 is 1.87 bits per heavy atom. The summed E-state index contributed by atoms with van der Waals surface area (Å²) in [6, 6.07) is 10.7. The highest BCUT2D eigenvalue weighted by Gasteiger charge is 2.09. The van der Waals surface area contributed by atoms with Gasteiger partial charge in [0.05, 0.1) is 0 Å². The molecule has 0 amide bonds. The molecule has 1 aliphatic heterocycles. The fourth-order valence-corrected chi connectivity index (χ4v) is 3.55. The van der Waals surface area contributed by atoms with Crippen molar-refractivity contribution in [2.75, 3.05) is 36.9 Å². The summed E-state index contributed by atoms with van der Waals surface area (Å²) in [5, 5.41) is 0. The summed E-state index contributed by atoms with van der Waals surface area (Å²) in [5.41, 5.74) is 0. The van der Waals surface area contributed by atoms with Gasteiger partial charge in [-0.3, -0.25) is 0 Å². The van der Waals surface area contributed by atoms with Gasteiger partial charge in [-0.1, -0.05) is 18.2 Å². The van der Waals surface area contributed by atoms with E-state index < -0.39 is 0 Å². The smallest absolute Gasteiger partial charge is 0.0108 e. The standard InChI is InChI=1S/C12H17NS2/c1-2-4-12(5-3-1)15-11-8-13-6-9-14-10-7-13/h1-5H,6-11H2. The van der Waals surface area contributed by atoms with Crippen LogP contribution in [0.3, 0.4) is 0 Å². The van der Waals surface area contributed by atoms with Gasteiger partial charge >= 0.3 is 0 Å². The lowest BCUT2D eigenvalue weighted by molar-refractivity contribution is 0.322. The van der Waals surface area contributed by atoms with Crippen LogP contribution in [-0.2, 0) is 0 Å². The summed E-state index contributed by atoms with van der Waals surface area (Å²) < 4.78 is 0. The van der Waals surface area contributed by atoms with Gasteiger partial charge in [0.2, 0.25) is 0 Å². The third kappa shape index (κ3) is 4.09. The Balaban J connectivity index is 1.66. The van der Waals surface area contributed by atoms with E-state index in [1.807, 2.05) is 11.8 Å². The van der Waals surface area contributed by atoms with Crippen molar-refractivity contribution in [2.24, 2.45) is 0 Å². The molecule has 0 bridgehead atoms. The zero-order valence-corrected chi connectivity index (χ0v) is 10.5. The van der Waals surface area contributed by atoms with Crippen LogP contribution in [0.2, 0.25) is 0 Å². The first-order valence-corrected chi connectivity index (χ1v) is 7.57. The molecule has 1 aliphatic rings. The van der Waals surface area contributed by atoms with E-state index in [9.17, 15) is 0 Å². The second kappa shape index (κ2) is 6.46. The Bertz CT molecular complexity index is 270. The Labute approximate surface area is 101 Å². The van der Waals surface area contributed by atoms with Crippen LogP contribution < -0.4 is 0 Å². The highest BCUT2D eigenvalue weighted by molar-refractivity contribution is 7.99. The first-order valence-electron chi connectivity index (χ1n) is 5.43. The molecule has 0 aliphatic carbocycles. The number of hydrogen-bond acceptors (Lipinski definition) is 3. The van der Waals surface area contributed by atoms with Crippen molar-refractivity contribution in [3.8, 4) is 0 Å². The molecule has 1 aromatic rings. The lowest BCUT2D eigenvalue weighted by Crippen LogP contribution is -2.34. The highest BCUT2D eigenvalue weighted by atomic mass is 32.2. The second-order valence-corrected chi connectivity index (χ2v) is 6.01. The van der Waals surface area contributed by atoms with Gasteiger partial charge in [0.25, 0.3) is 0 Å². The van der Waals surface area contributed by atoms with E-state index in [4.69, 9.17) is 0 Å². The average Bonchev–Trinajstić information content (AvgIpc) is 2.32. The number of benzene rings is 1. The van der Waals surface area contributed by atoms with Crippen LogP contribution in [0.25, 0.3) is 0 Å². The second-order valence-electron chi connectivity index (χ2n) is 3.62. The van der Waals surface area contributed by atoms with E-state index in [2.05, 4.69) is 47.0 Å². The molecule has 1 aromatic carbocycles. The third-order valence-corrected chi connectivity index (χ3v) is 4.46. The van der Waals surface area contributed by atoms with Crippen molar-refractivity contribution in [3.05, 3.63) is 30.3 Å². The molecular formula is C12H17NS2. The fraction of sp³-hybridized carbons (Fsp3) is 0.500. The number of thioether (sulfide) groups is 2. The van der Waals surface area contributed by atoms with Crippen LogP contribution in [0.5, 0.6) is 0 Å². The van der Waals surface area contributed by atoms with Gasteiger partial charge in [0.1, 0.15) is 0 Å². The molecule has 0 unspecified atom stereocenters. The van der Waals surface area contributed by atoms with Crippen LogP contribution in [-0.4, -0.2) is 41.8 Å². The summed E-state index contributed by atoms with van der Waals surface area (Å²) in [4.78, 5) is 3.97. The van der Waals surface area contributed by atoms with Gasteiger partial charge in [0.15, 0.2) is 0 Å². The normalized spacial score (nSPS) is 17.9. The molecule has 1 heterocycles. The van der Waals surface area contributed by atoms with Crippen LogP contribution in [0.1, 0.15) is 0 Å². The summed E-state index contributed by atoms with van der Waals surface area (Å²) in [6.45, 7) is 3.79. The molecule has 0 radical (unpaired) electrons. The Kier molecular flexibility index (Phi) is 4.90. The Morgan fingerprint density at radius 3 is 2.60 bits per heavy atom. The summed E-state index contributed by atoms with van der Waals surface area (Å²) >= 11 is 4.05. The molecule has 0 atom stereocenters. The van der Waals surface area contributed by atoms with Crippen LogP contribution >= 0.6 is 23.5 Å². The Morgan fingerprint density at radius 1 is 1.13 bits per heavy atom. The molecular weight excluding hydrogens is 222 g/mol. The molecule has 1 saturated heterocycles. The fourth-order valence-electron chi connectivity index (χ4n) is 1.63. The predicted octanol–water partition coefficient (Wildman–Crippen LogP) is 2.83. The zero-order valence-electron chi connectivity index (χ0n) is 8.89. The number of rotatable bonds is 4. The molecule has 2 rings (SSSR count). The zero-order chi connectivity index (χ0) is 10.3. The van der Waals surface area contributed by atoms with Crippen molar-refractivity contribution >= 4 is 23.5 Å². The minimum Gasteiger partial charge on any atom is -0.301 e. The molecule has 0 spiro atoms. The largest absolute Gasteiger partial charge is 0.301 e. The maximum Gasteiger partial charge on any atom is 0.0108 e. The lowest BCUT2D eigenvalue weighted by Gasteiger charge is -2.25. The average molecular weight is 239 g/mol. The molecule has 3 heteroatoms. The molecule has 15 heavy (non-hydrogen) atoms. The van der Waals surface area contributed by atoms with Gasteiger partial charge in [-0.25, -0.2) is 0 Å². The first kappa shape index (κ1) is 11.4. The van der Waals surface area contributed by atoms with Crippen LogP contribution in [0.15, 0.2) is 35.2 Å². The van der Waals surface area contributed by atoms with Gasteiger partial charge in [-0.15, -0.1) is 11.8 Å². The van der Waals surface area contributed by atoms with E-state index in [1.54, 1.807) is 0 Å². The molecule has 82 valence electrons. The summed E-state index contributed by atoms with van der Waals surface area (Å²) in [6.07, 6.45) is 0. The van der Waals surface area contributed by atoms with Gasteiger partial charge < -0.3 is 4.90 Å².